The summed E-state index contributed by atoms with van der Waals surface area (Å²) in [5.74, 6) is 0.791. The third-order valence-corrected chi connectivity index (χ3v) is 16.0. The molecule has 0 saturated heterocycles. The number of fused-ring (bicyclic) bond motifs is 6. The van der Waals surface area contributed by atoms with E-state index in [1.165, 1.54) is 0 Å². The Balaban J connectivity index is 0.783. The van der Waals surface area contributed by atoms with Crippen LogP contribution in [-0.2, 0) is 7.05 Å². The van der Waals surface area contributed by atoms with E-state index in [4.69, 9.17) is 9.97 Å². The topological polar surface area (TPSA) is 69.3 Å². The lowest BCUT2D eigenvalue weighted by Crippen LogP contribution is -2.13. The Kier molecular flexibility index (Phi) is 10.6. The van der Waals surface area contributed by atoms with Gasteiger partial charge in [0.15, 0.2) is 6.29 Å². The van der Waals surface area contributed by atoms with Gasteiger partial charge >= 0.3 is 0 Å². The largest absolute Gasteiger partial charge is 0.327 e. The molecule has 15 rings (SSSR count). The first kappa shape index (κ1) is 45.8. The molecule has 0 aliphatic carbocycles. The Labute approximate surface area is 454 Å². The van der Waals surface area contributed by atoms with E-state index in [2.05, 4.69) is 200 Å². The predicted octanol–water partition coefficient (Wildman–Crippen LogP) is 17.8. The molecule has 370 valence electrons. The summed E-state index contributed by atoms with van der Waals surface area (Å²) >= 11 is 0. The molecule has 6 nitrogen and oxygen atoms in total. The minimum atomic E-state index is -0.0819. The molecule has 0 N–H and O–H groups in total. The molecule has 0 atom stereocenters. The van der Waals surface area contributed by atoms with Crippen LogP contribution in [0.2, 0.25) is 0 Å². The average Bonchev–Trinajstić information content (AvgIpc) is 3.68. The molecular weight excluding hydrogens is 965 g/mol. The van der Waals surface area contributed by atoms with Gasteiger partial charge in [0.2, 0.25) is 0 Å². The number of hydrogen-bond acceptors (Lipinski definition) is 4. The number of carbonyl (C=O) groups is 1. The van der Waals surface area contributed by atoms with Crippen LogP contribution in [0.1, 0.15) is 10.4 Å². The predicted molar refractivity (Wildman–Crippen MR) is 326 cm³/mol. The molecular formula is C73H46N4O2. The van der Waals surface area contributed by atoms with Gasteiger partial charge < -0.3 is 4.57 Å². The highest BCUT2D eigenvalue weighted by Crippen LogP contribution is 2.43. The van der Waals surface area contributed by atoms with E-state index in [9.17, 15) is 9.59 Å². The van der Waals surface area contributed by atoms with Gasteiger partial charge in [-0.25, -0.2) is 9.97 Å². The van der Waals surface area contributed by atoms with Crippen LogP contribution >= 0.6 is 0 Å². The maximum absolute atomic E-state index is 14.9. The first-order valence-electron chi connectivity index (χ1n) is 26.6. The van der Waals surface area contributed by atoms with E-state index >= 15 is 0 Å². The molecule has 0 saturated carbocycles. The van der Waals surface area contributed by atoms with E-state index in [1.54, 1.807) is 0 Å². The Bertz CT molecular complexity index is 4950. The fourth-order valence-electron chi connectivity index (χ4n) is 12.2. The highest BCUT2D eigenvalue weighted by molar-refractivity contribution is 6.20. The van der Waals surface area contributed by atoms with Crippen molar-refractivity contribution < 1.29 is 4.79 Å². The highest BCUT2D eigenvalue weighted by atomic mass is 16.1. The van der Waals surface area contributed by atoms with Crippen LogP contribution in [0.25, 0.3) is 149 Å². The summed E-state index contributed by atoms with van der Waals surface area (Å²) in [5, 5.41) is 5.37. The number of imidazole rings is 2. The number of carbonyl (C=O) groups excluding carboxylic acids is 1. The summed E-state index contributed by atoms with van der Waals surface area (Å²) in [7, 11) is 2.07. The van der Waals surface area contributed by atoms with Crippen molar-refractivity contribution in [2.75, 3.05) is 0 Å². The smallest absolute Gasteiger partial charge is 0.264 e. The number of hydrogen-bond donors (Lipinski definition) is 0. The summed E-state index contributed by atoms with van der Waals surface area (Å²) in [6.07, 6.45) is 0.957. The fourth-order valence-corrected chi connectivity index (χ4v) is 12.2. The molecule has 0 radical (unpaired) electrons. The Morgan fingerprint density at radius 3 is 1.33 bits per heavy atom. The Morgan fingerprint density at radius 1 is 0.342 bits per heavy atom. The molecule has 0 aliphatic heterocycles. The number of aldehydes is 1. The van der Waals surface area contributed by atoms with E-state index in [0.717, 1.165) is 145 Å². The minimum Gasteiger partial charge on any atom is -0.327 e. The van der Waals surface area contributed by atoms with Crippen molar-refractivity contribution in [2.45, 2.75) is 0 Å². The van der Waals surface area contributed by atoms with Crippen molar-refractivity contribution in [3.63, 3.8) is 0 Å². The molecule has 79 heavy (non-hydrogen) atoms. The normalized spacial score (nSPS) is 11.7. The molecule has 6 heteroatoms. The van der Waals surface area contributed by atoms with Gasteiger partial charge in [-0.05, 0) is 114 Å². The van der Waals surface area contributed by atoms with Crippen molar-refractivity contribution in [3.05, 3.63) is 271 Å². The summed E-state index contributed by atoms with van der Waals surface area (Å²) in [4.78, 5) is 38.4. The first-order valence-corrected chi connectivity index (χ1v) is 26.6. The average molecular weight is 1010 g/mol. The lowest BCUT2D eigenvalue weighted by atomic mass is 9.91. The molecule has 3 heterocycles. The lowest BCUT2D eigenvalue weighted by molar-refractivity contribution is 0.112. The SMILES string of the molecule is Cn1c(-c2ccc(-c3ccc(-c4ccc(-c5ccc6c(=O)n7c(nc8cc(-c9ccccc9)cc(-c9ccccc9)c87)c7cccc5c67)cc4)cc3)c3cccc(C=O)c23)nc2cc(-c3ccccc3)cc(-c3ccccc3)c21. The van der Waals surface area contributed by atoms with Crippen LogP contribution in [0.5, 0.6) is 0 Å². The molecule has 0 fully saturated rings. The van der Waals surface area contributed by atoms with Gasteiger partial charge in [0.05, 0.1) is 22.1 Å². The van der Waals surface area contributed by atoms with Crippen molar-refractivity contribution in [1.82, 2.24) is 18.9 Å². The zero-order valence-electron chi connectivity index (χ0n) is 42.9. The van der Waals surface area contributed by atoms with Crippen molar-refractivity contribution in [1.29, 1.82) is 0 Å². The van der Waals surface area contributed by atoms with Crippen LogP contribution in [-0.4, -0.2) is 25.2 Å². The monoisotopic (exact) mass is 1010 g/mol. The molecule has 0 amide bonds. The number of nitrogens with zero attached hydrogens (tertiary/aromatic N) is 4. The van der Waals surface area contributed by atoms with Gasteiger partial charge in [-0.2, -0.15) is 0 Å². The third kappa shape index (κ3) is 7.41. The van der Waals surface area contributed by atoms with Crippen LogP contribution in [0.4, 0.5) is 0 Å². The third-order valence-electron chi connectivity index (χ3n) is 16.0. The highest BCUT2D eigenvalue weighted by Gasteiger charge is 2.23. The van der Waals surface area contributed by atoms with Gasteiger partial charge in [-0.3, -0.25) is 14.0 Å². The molecule has 0 bridgehead atoms. The molecule has 0 aliphatic rings. The maximum atomic E-state index is 14.9. The molecule has 15 aromatic rings. The van der Waals surface area contributed by atoms with Crippen molar-refractivity contribution >= 4 is 66.3 Å². The van der Waals surface area contributed by atoms with Gasteiger partial charge in [-0.1, -0.05) is 218 Å². The van der Waals surface area contributed by atoms with Crippen molar-refractivity contribution in [3.8, 4) is 89.3 Å². The van der Waals surface area contributed by atoms with Crippen LogP contribution in [0.15, 0.2) is 260 Å². The number of benzene rings is 12. The van der Waals surface area contributed by atoms with Gasteiger partial charge in [0, 0.05) is 50.8 Å². The second-order valence-corrected chi connectivity index (χ2v) is 20.4. The number of pyridine rings is 1. The molecule has 3 aromatic heterocycles. The maximum Gasteiger partial charge on any atom is 0.264 e. The molecule has 0 unspecified atom stereocenters. The lowest BCUT2D eigenvalue weighted by Gasteiger charge is -2.15. The second kappa shape index (κ2) is 18.3. The van der Waals surface area contributed by atoms with Crippen molar-refractivity contribution in [2.24, 2.45) is 7.05 Å². The van der Waals surface area contributed by atoms with E-state index < -0.39 is 0 Å². The standard InChI is InChI=1S/C73H46N4O2/c1-76-69-63(49-20-10-4-11-21-49)40-54(45-16-6-2-7-17-45)42-65(69)74-71(76)61-38-36-56(58-25-14-24-53(44-78)67(58)61)51-32-28-47(29-33-51)48-30-34-52(35-31-48)57-37-39-62-68-59(57)26-15-27-60(68)72-75-66-43-55(46-18-8-3-9-19-46)41-64(50-22-12-5-13-23-50)70(66)77(72)73(62)79/h2-44H,1H3. The number of rotatable bonds is 9. The van der Waals surface area contributed by atoms with Crippen LogP contribution in [0, 0.1) is 0 Å². The van der Waals surface area contributed by atoms with E-state index in [0.29, 0.717) is 16.6 Å². The zero-order chi connectivity index (χ0) is 52.7. The fraction of sp³-hybridized carbons (Fsp3) is 0.0137. The summed E-state index contributed by atoms with van der Waals surface area (Å²) in [5.41, 5.74) is 20.5. The Hall–Kier alpha value is -10.6. The Morgan fingerprint density at radius 2 is 0.772 bits per heavy atom. The molecule has 12 aromatic carbocycles. The summed E-state index contributed by atoms with van der Waals surface area (Å²) < 4.78 is 4.01. The minimum absolute atomic E-state index is 0.0819. The van der Waals surface area contributed by atoms with E-state index in [-0.39, 0.29) is 5.56 Å². The number of aromatic nitrogens is 4. The van der Waals surface area contributed by atoms with Gasteiger partial charge in [0.25, 0.3) is 5.56 Å². The van der Waals surface area contributed by atoms with Crippen LogP contribution in [0.3, 0.4) is 0 Å². The van der Waals surface area contributed by atoms with Gasteiger partial charge in [0.1, 0.15) is 11.5 Å². The number of aryl methyl sites for hydroxylation is 1. The van der Waals surface area contributed by atoms with E-state index in [1.807, 2.05) is 71.1 Å². The van der Waals surface area contributed by atoms with Gasteiger partial charge in [-0.15, -0.1) is 0 Å². The van der Waals surface area contributed by atoms with Crippen LogP contribution < -0.4 is 5.56 Å². The summed E-state index contributed by atoms with van der Waals surface area (Å²) in [6, 6.07) is 88.2. The summed E-state index contributed by atoms with van der Waals surface area (Å²) in [6.45, 7) is 0. The quantitative estimate of drug-likeness (QED) is 0.135. The second-order valence-electron chi connectivity index (χ2n) is 20.4. The molecule has 0 spiro atoms. The zero-order valence-corrected chi connectivity index (χ0v) is 42.9. The first-order chi connectivity index (χ1) is 39.0.